The maximum Gasteiger partial charge on any atom is 0.251 e. The van der Waals surface area contributed by atoms with Crippen LogP contribution in [0.15, 0.2) is 22.7 Å². The van der Waals surface area contributed by atoms with Crippen LogP contribution in [0.4, 0.5) is 0 Å². The molecule has 0 radical (unpaired) electrons. The molecule has 0 bridgehead atoms. The van der Waals surface area contributed by atoms with Crippen molar-refractivity contribution in [1.82, 2.24) is 5.32 Å². The number of carbonyl (C=O) groups excluding carboxylic acids is 1. The van der Waals surface area contributed by atoms with Gasteiger partial charge in [-0.25, -0.2) is 0 Å². The lowest BCUT2D eigenvalue weighted by atomic mass is 10.1. The maximum atomic E-state index is 11.8. The van der Waals surface area contributed by atoms with E-state index in [4.69, 9.17) is 4.74 Å². The minimum atomic E-state index is -0.532. The average Bonchev–Trinajstić information content (AvgIpc) is 2.35. The second-order valence-corrected chi connectivity index (χ2v) is 5.23. The number of aliphatic hydroxyl groups excluding tert-OH is 1. The van der Waals surface area contributed by atoms with Gasteiger partial charge in [-0.3, -0.25) is 4.79 Å². The summed E-state index contributed by atoms with van der Waals surface area (Å²) in [6.07, 6.45) is -0.532. The van der Waals surface area contributed by atoms with Crippen molar-refractivity contribution in [2.45, 2.75) is 20.0 Å². The number of carbonyl (C=O) groups is 1. The Hall–Kier alpha value is -1.07. The quantitative estimate of drug-likeness (QED) is 0.875. The normalized spacial score (nSPS) is 12.3. The molecule has 1 atom stereocenters. The molecule has 0 saturated heterocycles. The second kappa shape index (κ2) is 6.75. The molecule has 1 aromatic carbocycles. The monoisotopic (exact) mass is 315 g/mol. The van der Waals surface area contributed by atoms with Gasteiger partial charge in [0, 0.05) is 12.1 Å². The summed E-state index contributed by atoms with van der Waals surface area (Å²) in [6.45, 7) is 4.06. The van der Waals surface area contributed by atoms with Crippen LogP contribution in [-0.4, -0.2) is 30.8 Å². The van der Waals surface area contributed by atoms with Crippen molar-refractivity contribution in [1.29, 1.82) is 0 Å². The standard InChI is InChI=1S/C13H18BrNO3/c1-8(2)11(16)7-15-13(17)9-4-5-12(18-3)10(14)6-9/h4-6,8,11,16H,7H2,1-3H3,(H,15,17). The van der Waals surface area contributed by atoms with Crippen molar-refractivity contribution < 1.29 is 14.6 Å². The van der Waals surface area contributed by atoms with Gasteiger partial charge in [0.15, 0.2) is 0 Å². The minimum Gasteiger partial charge on any atom is -0.496 e. The predicted octanol–water partition coefficient (Wildman–Crippen LogP) is 2.20. The lowest BCUT2D eigenvalue weighted by Crippen LogP contribution is -2.34. The van der Waals surface area contributed by atoms with Gasteiger partial charge in [-0.2, -0.15) is 0 Å². The molecule has 0 aromatic heterocycles. The van der Waals surface area contributed by atoms with Crippen molar-refractivity contribution in [2.24, 2.45) is 5.92 Å². The molecule has 0 heterocycles. The smallest absolute Gasteiger partial charge is 0.251 e. The Balaban J connectivity index is 2.65. The summed E-state index contributed by atoms with van der Waals surface area (Å²) in [7, 11) is 1.57. The molecular weight excluding hydrogens is 298 g/mol. The molecule has 0 spiro atoms. The number of ether oxygens (including phenoxy) is 1. The fourth-order valence-electron chi connectivity index (χ4n) is 1.34. The molecule has 100 valence electrons. The first-order valence-corrected chi connectivity index (χ1v) is 6.54. The van der Waals surface area contributed by atoms with Crippen molar-refractivity contribution in [3.8, 4) is 5.75 Å². The van der Waals surface area contributed by atoms with Gasteiger partial charge in [0.05, 0.1) is 17.7 Å². The van der Waals surface area contributed by atoms with E-state index in [1.54, 1.807) is 25.3 Å². The van der Waals surface area contributed by atoms with E-state index in [0.717, 1.165) is 4.47 Å². The van der Waals surface area contributed by atoms with Gasteiger partial charge in [0.1, 0.15) is 5.75 Å². The van der Waals surface area contributed by atoms with Gasteiger partial charge in [-0.1, -0.05) is 13.8 Å². The van der Waals surface area contributed by atoms with Crippen LogP contribution in [0.5, 0.6) is 5.75 Å². The summed E-state index contributed by atoms with van der Waals surface area (Å²) in [5, 5.41) is 12.3. The SMILES string of the molecule is COc1ccc(C(=O)NCC(O)C(C)C)cc1Br. The average molecular weight is 316 g/mol. The fraction of sp³-hybridized carbons (Fsp3) is 0.462. The first-order valence-electron chi connectivity index (χ1n) is 5.75. The van der Waals surface area contributed by atoms with Gasteiger partial charge in [0.2, 0.25) is 0 Å². The summed E-state index contributed by atoms with van der Waals surface area (Å²) >= 11 is 3.32. The molecule has 2 N–H and O–H groups in total. The Labute approximate surface area is 115 Å². The van der Waals surface area contributed by atoms with E-state index < -0.39 is 6.10 Å². The van der Waals surface area contributed by atoms with Crippen molar-refractivity contribution in [3.63, 3.8) is 0 Å². The molecule has 1 rings (SSSR count). The fourth-order valence-corrected chi connectivity index (χ4v) is 1.88. The van der Waals surface area contributed by atoms with Crippen LogP contribution >= 0.6 is 15.9 Å². The number of hydrogen-bond donors (Lipinski definition) is 2. The van der Waals surface area contributed by atoms with Gasteiger partial charge >= 0.3 is 0 Å². The Morgan fingerprint density at radius 1 is 1.50 bits per heavy atom. The lowest BCUT2D eigenvalue weighted by molar-refractivity contribution is 0.0871. The minimum absolute atomic E-state index is 0.118. The maximum absolute atomic E-state index is 11.8. The van der Waals surface area contributed by atoms with Crippen molar-refractivity contribution in [2.75, 3.05) is 13.7 Å². The molecule has 0 saturated carbocycles. The first kappa shape index (κ1) is 15.0. The van der Waals surface area contributed by atoms with E-state index in [9.17, 15) is 9.90 Å². The van der Waals surface area contributed by atoms with Crippen molar-refractivity contribution >= 4 is 21.8 Å². The first-order chi connectivity index (χ1) is 8.45. The molecule has 0 aliphatic carbocycles. The van der Waals surface area contributed by atoms with Crippen LogP contribution in [0, 0.1) is 5.92 Å². The third-order valence-corrected chi connectivity index (χ3v) is 3.27. The zero-order valence-electron chi connectivity index (χ0n) is 10.7. The van der Waals surface area contributed by atoms with Crippen LogP contribution in [0.25, 0.3) is 0 Å². The number of aliphatic hydroxyl groups is 1. The Morgan fingerprint density at radius 3 is 2.67 bits per heavy atom. The molecule has 0 aliphatic rings. The lowest BCUT2D eigenvalue weighted by Gasteiger charge is -2.15. The Bertz CT molecular complexity index is 421. The molecular formula is C13H18BrNO3. The number of hydrogen-bond acceptors (Lipinski definition) is 3. The van der Waals surface area contributed by atoms with E-state index in [0.29, 0.717) is 11.3 Å². The zero-order valence-corrected chi connectivity index (χ0v) is 12.3. The summed E-state index contributed by atoms with van der Waals surface area (Å²) in [5.41, 5.74) is 0.527. The Morgan fingerprint density at radius 2 is 2.17 bits per heavy atom. The van der Waals surface area contributed by atoms with Crippen LogP contribution in [0.1, 0.15) is 24.2 Å². The van der Waals surface area contributed by atoms with Crippen molar-refractivity contribution in [3.05, 3.63) is 28.2 Å². The van der Waals surface area contributed by atoms with E-state index >= 15 is 0 Å². The highest BCUT2D eigenvalue weighted by Gasteiger charge is 2.13. The number of amides is 1. The summed E-state index contributed by atoms with van der Waals surface area (Å²) < 4.78 is 5.81. The highest BCUT2D eigenvalue weighted by molar-refractivity contribution is 9.10. The largest absolute Gasteiger partial charge is 0.496 e. The number of halogens is 1. The molecule has 1 aromatic rings. The summed E-state index contributed by atoms with van der Waals surface area (Å²) in [4.78, 5) is 11.8. The zero-order chi connectivity index (χ0) is 13.7. The van der Waals surface area contributed by atoms with Gasteiger partial charge < -0.3 is 15.2 Å². The molecule has 1 unspecified atom stereocenters. The number of methoxy groups -OCH3 is 1. The summed E-state index contributed by atoms with van der Waals surface area (Å²) in [6, 6.07) is 5.09. The Kier molecular flexibility index (Phi) is 5.62. The number of rotatable bonds is 5. The molecule has 1 amide bonds. The number of benzene rings is 1. The topological polar surface area (TPSA) is 58.6 Å². The molecule has 4 nitrogen and oxygen atoms in total. The van der Waals surface area contributed by atoms with Crippen LogP contribution < -0.4 is 10.1 Å². The molecule has 5 heteroatoms. The van der Waals surface area contributed by atoms with E-state index in [2.05, 4.69) is 21.2 Å². The highest BCUT2D eigenvalue weighted by atomic mass is 79.9. The highest BCUT2D eigenvalue weighted by Crippen LogP contribution is 2.25. The number of nitrogens with one attached hydrogen (secondary N) is 1. The van der Waals surface area contributed by atoms with E-state index in [1.807, 2.05) is 13.8 Å². The van der Waals surface area contributed by atoms with Gasteiger partial charge in [-0.05, 0) is 40.0 Å². The van der Waals surface area contributed by atoms with Crippen LogP contribution in [0.2, 0.25) is 0 Å². The van der Waals surface area contributed by atoms with Gasteiger partial charge in [-0.15, -0.1) is 0 Å². The van der Waals surface area contributed by atoms with E-state index in [-0.39, 0.29) is 18.4 Å². The van der Waals surface area contributed by atoms with Gasteiger partial charge in [0.25, 0.3) is 5.91 Å². The van der Waals surface area contributed by atoms with E-state index in [1.165, 1.54) is 0 Å². The van der Waals surface area contributed by atoms with Crippen LogP contribution in [-0.2, 0) is 0 Å². The third kappa shape index (κ3) is 3.99. The summed E-state index contributed by atoms with van der Waals surface area (Å²) in [5.74, 6) is 0.583. The third-order valence-electron chi connectivity index (χ3n) is 2.66. The second-order valence-electron chi connectivity index (χ2n) is 4.37. The van der Waals surface area contributed by atoms with Crippen LogP contribution in [0.3, 0.4) is 0 Å². The molecule has 0 aliphatic heterocycles. The molecule has 0 fully saturated rings. The predicted molar refractivity (Wildman–Crippen MR) is 73.9 cm³/mol. The molecule has 18 heavy (non-hydrogen) atoms.